The van der Waals surface area contributed by atoms with Crippen LogP contribution in [0.5, 0.6) is 0 Å². The van der Waals surface area contributed by atoms with Crippen LogP contribution in [0.15, 0.2) is 36.8 Å². The zero-order valence-corrected chi connectivity index (χ0v) is 11.1. The van der Waals surface area contributed by atoms with Gasteiger partial charge in [0.05, 0.1) is 17.6 Å². The molecule has 2 N–H and O–H groups in total. The fourth-order valence-electron chi connectivity index (χ4n) is 2.21. The summed E-state index contributed by atoms with van der Waals surface area (Å²) < 4.78 is 1.90. The van der Waals surface area contributed by atoms with Gasteiger partial charge in [-0.1, -0.05) is 12.1 Å². The number of aromatic amines is 1. The summed E-state index contributed by atoms with van der Waals surface area (Å²) in [7, 11) is 0. The van der Waals surface area contributed by atoms with Crippen molar-refractivity contribution in [3.63, 3.8) is 0 Å². The third kappa shape index (κ3) is 2.16. The van der Waals surface area contributed by atoms with Gasteiger partial charge < -0.3 is 14.9 Å². The molecule has 0 aliphatic heterocycles. The van der Waals surface area contributed by atoms with E-state index in [-0.39, 0.29) is 5.91 Å². The summed E-state index contributed by atoms with van der Waals surface area (Å²) in [5.41, 5.74) is 1.48. The lowest BCUT2D eigenvalue weighted by molar-refractivity contribution is 0.0951. The number of aryl methyl sites for hydroxylation is 1. The maximum absolute atomic E-state index is 12.3. The molecule has 0 spiro atoms. The van der Waals surface area contributed by atoms with E-state index in [9.17, 15) is 4.79 Å². The number of hydrogen-bond donors (Lipinski definition) is 2. The molecule has 0 radical (unpaired) electrons. The molecule has 0 aliphatic carbocycles. The number of aromatic nitrogens is 4. The molecule has 0 atom stereocenters. The zero-order valence-electron chi connectivity index (χ0n) is 11.1. The van der Waals surface area contributed by atoms with Crippen LogP contribution in [-0.2, 0) is 13.1 Å². The molecule has 1 amide bonds. The Bertz CT molecular complexity index is 743. The zero-order chi connectivity index (χ0) is 13.9. The second-order valence-electron chi connectivity index (χ2n) is 4.46. The first-order valence-corrected chi connectivity index (χ1v) is 6.50. The normalized spacial score (nSPS) is 10.8. The predicted molar refractivity (Wildman–Crippen MR) is 75.2 cm³/mol. The van der Waals surface area contributed by atoms with Crippen LogP contribution in [0.4, 0.5) is 0 Å². The summed E-state index contributed by atoms with van der Waals surface area (Å²) in [6, 6.07) is 7.59. The highest BCUT2D eigenvalue weighted by molar-refractivity contribution is 6.05. The molecule has 0 fully saturated rings. The Morgan fingerprint density at radius 3 is 3.15 bits per heavy atom. The first-order chi connectivity index (χ1) is 9.79. The molecule has 0 bridgehead atoms. The van der Waals surface area contributed by atoms with Crippen LogP contribution in [0.25, 0.3) is 10.9 Å². The Balaban J connectivity index is 1.78. The van der Waals surface area contributed by atoms with Crippen molar-refractivity contribution in [1.29, 1.82) is 0 Å². The molecule has 3 rings (SSSR count). The number of fused-ring (bicyclic) bond motifs is 1. The fraction of sp³-hybridized carbons (Fsp3) is 0.214. The van der Waals surface area contributed by atoms with Gasteiger partial charge in [0.1, 0.15) is 6.33 Å². The molecule has 1 aromatic carbocycles. The Kier molecular flexibility index (Phi) is 3.20. The minimum atomic E-state index is -0.122. The van der Waals surface area contributed by atoms with Gasteiger partial charge in [-0.3, -0.25) is 4.79 Å². The summed E-state index contributed by atoms with van der Waals surface area (Å²) in [4.78, 5) is 15.4. The van der Waals surface area contributed by atoms with Crippen LogP contribution >= 0.6 is 0 Å². The molecule has 0 saturated carbocycles. The molecule has 6 heteroatoms. The summed E-state index contributed by atoms with van der Waals surface area (Å²) in [5.74, 6) is 0.628. The molecular weight excluding hydrogens is 254 g/mol. The molecule has 0 unspecified atom stereocenters. The van der Waals surface area contributed by atoms with E-state index in [0.717, 1.165) is 23.3 Å². The van der Waals surface area contributed by atoms with Gasteiger partial charge in [0, 0.05) is 18.1 Å². The maximum atomic E-state index is 12.3. The molecule has 102 valence electrons. The molecular formula is C14H15N5O. The van der Waals surface area contributed by atoms with Gasteiger partial charge in [0.25, 0.3) is 5.91 Å². The van der Waals surface area contributed by atoms with Crippen LogP contribution in [0.3, 0.4) is 0 Å². The van der Waals surface area contributed by atoms with E-state index in [1.807, 2.05) is 35.9 Å². The lowest BCUT2D eigenvalue weighted by Gasteiger charge is -2.07. The summed E-state index contributed by atoms with van der Waals surface area (Å²) >= 11 is 0. The van der Waals surface area contributed by atoms with E-state index >= 15 is 0 Å². The second kappa shape index (κ2) is 5.16. The van der Waals surface area contributed by atoms with E-state index in [1.54, 1.807) is 12.4 Å². The van der Waals surface area contributed by atoms with Gasteiger partial charge in [-0.05, 0) is 19.1 Å². The van der Waals surface area contributed by atoms with Gasteiger partial charge in [-0.15, -0.1) is 10.2 Å². The van der Waals surface area contributed by atoms with Crippen LogP contribution < -0.4 is 5.32 Å². The number of rotatable bonds is 4. The maximum Gasteiger partial charge on any atom is 0.253 e. The first-order valence-electron chi connectivity index (χ1n) is 6.50. The molecule has 20 heavy (non-hydrogen) atoms. The topological polar surface area (TPSA) is 75.6 Å². The summed E-state index contributed by atoms with van der Waals surface area (Å²) in [6.45, 7) is 3.16. The third-order valence-electron chi connectivity index (χ3n) is 3.28. The van der Waals surface area contributed by atoms with Crippen LogP contribution in [0, 0.1) is 0 Å². The quantitative estimate of drug-likeness (QED) is 0.757. The van der Waals surface area contributed by atoms with Crippen molar-refractivity contribution in [2.45, 2.75) is 20.0 Å². The number of nitrogens with zero attached hydrogens (tertiary/aromatic N) is 3. The average Bonchev–Trinajstić information content (AvgIpc) is 3.12. The Morgan fingerprint density at radius 1 is 1.40 bits per heavy atom. The summed E-state index contributed by atoms with van der Waals surface area (Å²) in [6.07, 6.45) is 3.49. The van der Waals surface area contributed by atoms with Gasteiger partial charge in [-0.2, -0.15) is 0 Å². The van der Waals surface area contributed by atoms with Crippen molar-refractivity contribution in [3.8, 4) is 0 Å². The number of amides is 1. The Labute approximate surface area is 115 Å². The van der Waals surface area contributed by atoms with Gasteiger partial charge in [0.2, 0.25) is 0 Å². The largest absolute Gasteiger partial charge is 0.361 e. The smallest absolute Gasteiger partial charge is 0.253 e. The van der Waals surface area contributed by atoms with Crippen molar-refractivity contribution in [2.24, 2.45) is 0 Å². The van der Waals surface area contributed by atoms with E-state index in [1.165, 1.54) is 0 Å². The van der Waals surface area contributed by atoms with E-state index in [2.05, 4.69) is 20.5 Å². The number of carbonyl (C=O) groups is 1. The highest BCUT2D eigenvalue weighted by Crippen LogP contribution is 2.16. The van der Waals surface area contributed by atoms with Crippen molar-refractivity contribution in [2.75, 3.05) is 0 Å². The van der Waals surface area contributed by atoms with Crippen LogP contribution in [0.1, 0.15) is 23.1 Å². The number of hydrogen-bond acceptors (Lipinski definition) is 3. The molecule has 2 heterocycles. The number of para-hydroxylation sites is 1. The molecule has 2 aromatic heterocycles. The molecule has 6 nitrogen and oxygen atoms in total. The molecule has 0 saturated heterocycles. The van der Waals surface area contributed by atoms with Crippen LogP contribution in [0.2, 0.25) is 0 Å². The Hall–Kier alpha value is -2.63. The highest BCUT2D eigenvalue weighted by atomic mass is 16.1. The number of carbonyl (C=O) groups excluding carboxylic acids is 1. The first kappa shape index (κ1) is 12.4. The van der Waals surface area contributed by atoms with Gasteiger partial charge in [-0.25, -0.2) is 0 Å². The predicted octanol–water partition coefficient (Wildman–Crippen LogP) is 1.71. The highest BCUT2D eigenvalue weighted by Gasteiger charge is 2.11. The van der Waals surface area contributed by atoms with Gasteiger partial charge in [0.15, 0.2) is 5.82 Å². The van der Waals surface area contributed by atoms with Crippen molar-refractivity contribution >= 4 is 16.8 Å². The van der Waals surface area contributed by atoms with Crippen LogP contribution in [-0.4, -0.2) is 25.7 Å². The second-order valence-corrected chi connectivity index (χ2v) is 4.46. The van der Waals surface area contributed by atoms with Crippen molar-refractivity contribution in [1.82, 2.24) is 25.1 Å². The van der Waals surface area contributed by atoms with E-state index in [0.29, 0.717) is 12.1 Å². The number of H-pyrrole nitrogens is 1. The van der Waals surface area contributed by atoms with Crippen molar-refractivity contribution < 1.29 is 4.79 Å². The van der Waals surface area contributed by atoms with Gasteiger partial charge >= 0.3 is 0 Å². The molecule has 3 aromatic rings. The minimum absolute atomic E-state index is 0.122. The SMILES string of the molecule is CCn1cnnc1CNC(=O)c1cccc2cc[nH]c12. The average molecular weight is 269 g/mol. The van der Waals surface area contributed by atoms with E-state index < -0.39 is 0 Å². The standard InChI is InChI=1S/C14H15N5O/c1-2-19-9-17-18-12(19)8-16-14(20)11-5-3-4-10-6-7-15-13(10)11/h3-7,9,15H,2,8H2,1H3,(H,16,20). The number of nitrogens with one attached hydrogen (secondary N) is 2. The monoisotopic (exact) mass is 269 g/mol. The summed E-state index contributed by atoms with van der Waals surface area (Å²) in [5, 5.41) is 11.7. The molecule has 0 aliphatic rings. The lowest BCUT2D eigenvalue weighted by atomic mass is 10.1. The number of benzene rings is 1. The minimum Gasteiger partial charge on any atom is -0.361 e. The third-order valence-corrected chi connectivity index (χ3v) is 3.28. The Morgan fingerprint density at radius 2 is 2.30 bits per heavy atom. The van der Waals surface area contributed by atoms with E-state index in [4.69, 9.17) is 0 Å². The fourth-order valence-corrected chi connectivity index (χ4v) is 2.21. The lowest BCUT2D eigenvalue weighted by Crippen LogP contribution is -2.24. The van der Waals surface area contributed by atoms with Crippen molar-refractivity contribution in [3.05, 3.63) is 48.2 Å².